The predicted octanol–water partition coefficient (Wildman–Crippen LogP) is 2.84. The summed E-state index contributed by atoms with van der Waals surface area (Å²) in [6, 6.07) is 3.29. The highest BCUT2D eigenvalue weighted by molar-refractivity contribution is 5.27. The van der Waals surface area contributed by atoms with Gasteiger partial charge in [-0.25, -0.2) is 8.78 Å². The summed E-state index contributed by atoms with van der Waals surface area (Å²) in [5.41, 5.74) is 5.91. The molecule has 1 aliphatic carbocycles. The van der Waals surface area contributed by atoms with Gasteiger partial charge in [0.2, 0.25) is 0 Å². The molecule has 1 aromatic rings. The van der Waals surface area contributed by atoms with Crippen molar-refractivity contribution in [2.75, 3.05) is 14.1 Å². The molecule has 1 fully saturated rings. The summed E-state index contributed by atoms with van der Waals surface area (Å²) in [6.45, 7) is 0. The summed E-state index contributed by atoms with van der Waals surface area (Å²) >= 11 is 0. The van der Waals surface area contributed by atoms with Crippen LogP contribution in [-0.4, -0.2) is 24.5 Å². The number of nitrogens with two attached hydrogens (primary N) is 1. The SMILES string of the molecule is CN(C)C1(C(N)c2c(F)cccc2F)CCCC1. The van der Waals surface area contributed by atoms with Crippen molar-refractivity contribution in [3.8, 4) is 0 Å². The lowest BCUT2D eigenvalue weighted by Crippen LogP contribution is -2.50. The van der Waals surface area contributed by atoms with Gasteiger partial charge >= 0.3 is 0 Å². The molecule has 1 aliphatic rings. The summed E-state index contributed by atoms with van der Waals surface area (Å²) < 4.78 is 27.7. The third kappa shape index (κ3) is 2.04. The van der Waals surface area contributed by atoms with Crippen LogP contribution in [0.15, 0.2) is 18.2 Å². The molecule has 1 saturated carbocycles. The highest BCUT2D eigenvalue weighted by Crippen LogP contribution is 2.43. The summed E-state index contributed by atoms with van der Waals surface area (Å²) in [5.74, 6) is -1.09. The normalized spacial score (nSPS) is 20.3. The van der Waals surface area contributed by atoms with E-state index < -0.39 is 17.7 Å². The molecule has 0 aromatic heterocycles. The number of likely N-dealkylation sites (N-methyl/N-ethyl adjacent to an activating group) is 1. The predicted molar refractivity (Wildman–Crippen MR) is 68.2 cm³/mol. The molecule has 4 heteroatoms. The van der Waals surface area contributed by atoms with E-state index in [1.807, 2.05) is 19.0 Å². The molecule has 18 heavy (non-hydrogen) atoms. The van der Waals surface area contributed by atoms with Crippen molar-refractivity contribution in [1.82, 2.24) is 4.90 Å². The average molecular weight is 254 g/mol. The lowest BCUT2D eigenvalue weighted by molar-refractivity contribution is 0.120. The second kappa shape index (κ2) is 4.94. The molecule has 1 unspecified atom stereocenters. The van der Waals surface area contributed by atoms with Gasteiger partial charge in [-0.3, -0.25) is 0 Å². The van der Waals surface area contributed by atoms with Crippen molar-refractivity contribution >= 4 is 0 Å². The van der Waals surface area contributed by atoms with Crippen LogP contribution >= 0.6 is 0 Å². The van der Waals surface area contributed by atoms with Crippen LogP contribution in [0.4, 0.5) is 8.78 Å². The van der Waals surface area contributed by atoms with Crippen LogP contribution in [0.3, 0.4) is 0 Å². The number of rotatable bonds is 3. The second-order valence-electron chi connectivity index (χ2n) is 5.32. The van der Waals surface area contributed by atoms with Crippen LogP contribution in [0.25, 0.3) is 0 Å². The third-order valence-electron chi connectivity index (χ3n) is 4.25. The van der Waals surface area contributed by atoms with E-state index in [-0.39, 0.29) is 11.1 Å². The minimum absolute atomic E-state index is 0.0214. The quantitative estimate of drug-likeness (QED) is 0.898. The Kier molecular flexibility index (Phi) is 3.69. The molecule has 0 aliphatic heterocycles. The fourth-order valence-electron chi connectivity index (χ4n) is 3.10. The van der Waals surface area contributed by atoms with Crippen molar-refractivity contribution in [3.63, 3.8) is 0 Å². The average Bonchev–Trinajstić information content (AvgIpc) is 2.78. The van der Waals surface area contributed by atoms with Crippen LogP contribution in [0.5, 0.6) is 0 Å². The van der Waals surface area contributed by atoms with E-state index in [4.69, 9.17) is 5.73 Å². The fourth-order valence-corrected chi connectivity index (χ4v) is 3.10. The molecule has 0 radical (unpaired) electrons. The van der Waals surface area contributed by atoms with Gasteiger partial charge in [0.05, 0.1) is 6.04 Å². The summed E-state index contributed by atoms with van der Waals surface area (Å²) in [7, 11) is 3.87. The maximum atomic E-state index is 13.8. The Balaban J connectivity index is 2.43. The zero-order valence-electron chi connectivity index (χ0n) is 10.9. The first kappa shape index (κ1) is 13.4. The maximum Gasteiger partial charge on any atom is 0.130 e. The van der Waals surface area contributed by atoms with Crippen molar-refractivity contribution in [2.24, 2.45) is 5.73 Å². The molecule has 2 rings (SSSR count). The van der Waals surface area contributed by atoms with E-state index in [0.717, 1.165) is 25.7 Å². The number of nitrogens with zero attached hydrogens (tertiary/aromatic N) is 1. The molecule has 2 N–H and O–H groups in total. The number of benzene rings is 1. The Hall–Kier alpha value is -1.00. The molecule has 0 heterocycles. The molecule has 1 atom stereocenters. The molecule has 1 aromatic carbocycles. The number of hydrogen-bond donors (Lipinski definition) is 1. The Morgan fingerprint density at radius 3 is 2.11 bits per heavy atom. The zero-order valence-corrected chi connectivity index (χ0v) is 10.9. The van der Waals surface area contributed by atoms with Crippen molar-refractivity contribution in [1.29, 1.82) is 0 Å². The first-order chi connectivity index (χ1) is 8.49. The molecule has 0 amide bonds. The van der Waals surface area contributed by atoms with E-state index in [0.29, 0.717) is 0 Å². The summed E-state index contributed by atoms with van der Waals surface area (Å²) in [6.07, 6.45) is 3.88. The van der Waals surface area contributed by atoms with Gasteiger partial charge < -0.3 is 10.6 Å². The number of halogens is 2. The van der Waals surface area contributed by atoms with Crippen LogP contribution in [-0.2, 0) is 0 Å². The van der Waals surface area contributed by atoms with Crippen LogP contribution < -0.4 is 5.73 Å². The maximum absolute atomic E-state index is 13.8. The van der Waals surface area contributed by atoms with Gasteiger partial charge in [-0.05, 0) is 39.1 Å². The smallest absolute Gasteiger partial charge is 0.130 e. The van der Waals surface area contributed by atoms with E-state index in [1.165, 1.54) is 18.2 Å². The fraction of sp³-hybridized carbons (Fsp3) is 0.571. The second-order valence-corrected chi connectivity index (χ2v) is 5.32. The molecular weight excluding hydrogens is 234 g/mol. The Labute approximate surface area is 107 Å². The minimum Gasteiger partial charge on any atom is -0.322 e. The molecule has 100 valence electrons. The van der Waals surface area contributed by atoms with E-state index in [9.17, 15) is 8.78 Å². The summed E-state index contributed by atoms with van der Waals surface area (Å²) in [4.78, 5) is 2.02. The van der Waals surface area contributed by atoms with Gasteiger partial charge in [-0.2, -0.15) is 0 Å². The first-order valence-corrected chi connectivity index (χ1v) is 6.36. The van der Waals surface area contributed by atoms with Crippen molar-refractivity contribution in [2.45, 2.75) is 37.3 Å². The van der Waals surface area contributed by atoms with Gasteiger partial charge in [-0.1, -0.05) is 18.9 Å². The zero-order chi connectivity index (χ0) is 13.3. The van der Waals surface area contributed by atoms with Crippen LogP contribution in [0.2, 0.25) is 0 Å². The highest BCUT2D eigenvalue weighted by Gasteiger charge is 2.43. The molecule has 0 spiro atoms. The van der Waals surface area contributed by atoms with Crippen molar-refractivity contribution < 1.29 is 8.78 Å². The van der Waals surface area contributed by atoms with Crippen molar-refractivity contribution in [3.05, 3.63) is 35.4 Å². The number of hydrogen-bond acceptors (Lipinski definition) is 2. The summed E-state index contributed by atoms with van der Waals surface area (Å²) in [5, 5.41) is 0. The van der Waals surface area contributed by atoms with E-state index >= 15 is 0 Å². The largest absolute Gasteiger partial charge is 0.322 e. The lowest BCUT2D eigenvalue weighted by Gasteiger charge is -2.41. The lowest BCUT2D eigenvalue weighted by atomic mass is 9.82. The van der Waals surface area contributed by atoms with Crippen LogP contribution in [0.1, 0.15) is 37.3 Å². The Morgan fingerprint density at radius 1 is 1.17 bits per heavy atom. The topological polar surface area (TPSA) is 29.3 Å². The minimum atomic E-state index is -0.629. The molecule has 2 nitrogen and oxygen atoms in total. The van der Waals surface area contributed by atoms with Gasteiger partial charge in [-0.15, -0.1) is 0 Å². The van der Waals surface area contributed by atoms with Gasteiger partial charge in [0.1, 0.15) is 11.6 Å². The monoisotopic (exact) mass is 254 g/mol. The van der Waals surface area contributed by atoms with Crippen LogP contribution in [0, 0.1) is 11.6 Å². The highest BCUT2D eigenvalue weighted by atomic mass is 19.1. The molecule has 0 bridgehead atoms. The third-order valence-corrected chi connectivity index (χ3v) is 4.25. The van der Waals surface area contributed by atoms with Gasteiger partial charge in [0, 0.05) is 11.1 Å². The standard InChI is InChI=1S/C14H20F2N2/c1-18(2)14(8-3-4-9-14)13(17)12-10(15)6-5-7-11(12)16/h5-7,13H,3-4,8-9,17H2,1-2H3. The van der Waals surface area contributed by atoms with E-state index in [2.05, 4.69) is 0 Å². The first-order valence-electron chi connectivity index (χ1n) is 6.36. The Bertz CT molecular complexity index is 406. The molecular formula is C14H20F2N2. The molecule has 0 saturated heterocycles. The van der Waals surface area contributed by atoms with Gasteiger partial charge in [0.25, 0.3) is 0 Å². The van der Waals surface area contributed by atoms with Gasteiger partial charge in [0.15, 0.2) is 0 Å². The van der Waals surface area contributed by atoms with E-state index in [1.54, 1.807) is 0 Å². The Morgan fingerprint density at radius 2 is 1.67 bits per heavy atom.